The second kappa shape index (κ2) is 5.97. The number of nitrogens with two attached hydrogens (primary N) is 1. The minimum absolute atomic E-state index is 0.0128. The van der Waals surface area contributed by atoms with Gasteiger partial charge in [0, 0.05) is 13.1 Å². The van der Waals surface area contributed by atoms with Crippen molar-refractivity contribution < 1.29 is 10.3 Å². The molecule has 4 heteroatoms. The lowest BCUT2D eigenvalue weighted by molar-refractivity contribution is -0.0983. The maximum absolute atomic E-state index is 8.80. The zero-order valence-electron chi connectivity index (χ0n) is 5.45. The molecule has 0 aromatic rings. The average Bonchev–Trinajstić information content (AvgIpc) is 1.85. The molecule has 0 aliphatic rings. The van der Waals surface area contributed by atoms with Gasteiger partial charge in [0.25, 0.3) is 0 Å². The van der Waals surface area contributed by atoms with Gasteiger partial charge >= 0.3 is 0 Å². The number of hydrogen-bond acceptors (Lipinski definition) is 4. The molecule has 0 spiro atoms. The maximum Gasteiger partial charge on any atom is 0.0581 e. The SMILES string of the molecule is NCCCN(O)CCO. The first-order chi connectivity index (χ1) is 4.31. The molecule has 0 aromatic heterocycles. The van der Waals surface area contributed by atoms with Crippen LogP contribution in [-0.4, -0.2) is 41.6 Å². The van der Waals surface area contributed by atoms with Crippen molar-refractivity contribution in [2.45, 2.75) is 6.42 Å². The minimum Gasteiger partial charge on any atom is -0.395 e. The summed E-state index contributed by atoms with van der Waals surface area (Å²) in [5.74, 6) is 0. The summed E-state index contributed by atoms with van der Waals surface area (Å²) in [4.78, 5) is 0. The van der Waals surface area contributed by atoms with E-state index in [0.717, 1.165) is 11.5 Å². The Bertz CT molecular complexity index is 60.9. The zero-order chi connectivity index (χ0) is 7.11. The van der Waals surface area contributed by atoms with Gasteiger partial charge in [-0.05, 0) is 13.0 Å². The van der Waals surface area contributed by atoms with E-state index in [-0.39, 0.29) is 6.61 Å². The molecule has 0 amide bonds. The van der Waals surface area contributed by atoms with Gasteiger partial charge in [0.1, 0.15) is 0 Å². The predicted molar refractivity (Wildman–Crippen MR) is 34.1 cm³/mol. The fraction of sp³-hybridized carbons (Fsp3) is 1.00. The van der Waals surface area contributed by atoms with Crippen molar-refractivity contribution in [3.05, 3.63) is 0 Å². The molecule has 0 unspecified atom stereocenters. The first-order valence-corrected chi connectivity index (χ1v) is 3.06. The van der Waals surface area contributed by atoms with E-state index in [1.807, 2.05) is 0 Å². The van der Waals surface area contributed by atoms with Crippen LogP contribution in [0, 0.1) is 0 Å². The van der Waals surface area contributed by atoms with Gasteiger partial charge in [-0.1, -0.05) is 0 Å². The highest BCUT2D eigenvalue weighted by atomic mass is 16.5. The van der Waals surface area contributed by atoms with Crippen LogP contribution in [0.3, 0.4) is 0 Å². The number of hydrogen-bond donors (Lipinski definition) is 3. The van der Waals surface area contributed by atoms with Gasteiger partial charge in [0.15, 0.2) is 0 Å². The van der Waals surface area contributed by atoms with Crippen molar-refractivity contribution in [2.24, 2.45) is 5.73 Å². The lowest BCUT2D eigenvalue weighted by Crippen LogP contribution is -2.25. The Kier molecular flexibility index (Phi) is 5.86. The van der Waals surface area contributed by atoms with Crippen molar-refractivity contribution in [1.82, 2.24) is 5.06 Å². The molecule has 0 aliphatic carbocycles. The van der Waals surface area contributed by atoms with Gasteiger partial charge in [0.2, 0.25) is 0 Å². The second-order valence-corrected chi connectivity index (χ2v) is 1.82. The molecule has 0 saturated heterocycles. The smallest absolute Gasteiger partial charge is 0.0581 e. The summed E-state index contributed by atoms with van der Waals surface area (Å²) in [6.07, 6.45) is 0.760. The molecular formula is C5H14N2O2. The van der Waals surface area contributed by atoms with Gasteiger partial charge in [0.05, 0.1) is 6.61 Å². The zero-order valence-corrected chi connectivity index (χ0v) is 5.45. The Morgan fingerprint density at radius 2 is 2.00 bits per heavy atom. The van der Waals surface area contributed by atoms with E-state index in [9.17, 15) is 0 Å². The third-order valence-corrected chi connectivity index (χ3v) is 0.978. The number of rotatable bonds is 5. The number of hydroxylamine groups is 2. The molecule has 0 aromatic carbocycles. The monoisotopic (exact) mass is 134 g/mol. The Morgan fingerprint density at radius 1 is 1.33 bits per heavy atom. The summed E-state index contributed by atoms with van der Waals surface area (Å²) in [5.41, 5.74) is 5.17. The molecule has 0 atom stereocenters. The van der Waals surface area contributed by atoms with E-state index < -0.39 is 0 Å². The van der Waals surface area contributed by atoms with Crippen molar-refractivity contribution in [3.8, 4) is 0 Å². The topological polar surface area (TPSA) is 69.7 Å². The Morgan fingerprint density at radius 3 is 2.44 bits per heavy atom. The van der Waals surface area contributed by atoms with Gasteiger partial charge in [-0.25, -0.2) is 0 Å². The molecule has 0 saturated carbocycles. The average molecular weight is 134 g/mol. The molecule has 56 valence electrons. The highest BCUT2D eigenvalue weighted by Gasteiger charge is 1.95. The standard InChI is InChI=1S/C5H14N2O2/c6-2-1-3-7(9)4-5-8/h8-9H,1-6H2. The Hall–Kier alpha value is -0.160. The second-order valence-electron chi connectivity index (χ2n) is 1.82. The van der Waals surface area contributed by atoms with Crippen LogP contribution in [0.4, 0.5) is 0 Å². The molecule has 4 nitrogen and oxygen atoms in total. The van der Waals surface area contributed by atoms with Crippen molar-refractivity contribution in [1.29, 1.82) is 0 Å². The van der Waals surface area contributed by atoms with E-state index in [4.69, 9.17) is 16.0 Å². The molecular weight excluding hydrogens is 120 g/mol. The Balaban J connectivity index is 2.95. The van der Waals surface area contributed by atoms with E-state index in [1.54, 1.807) is 0 Å². The fourth-order valence-electron chi connectivity index (χ4n) is 0.501. The number of aliphatic hydroxyl groups is 1. The number of aliphatic hydroxyl groups excluding tert-OH is 1. The van der Waals surface area contributed by atoms with E-state index >= 15 is 0 Å². The van der Waals surface area contributed by atoms with Gasteiger partial charge in [-0.2, -0.15) is 5.06 Å². The summed E-state index contributed by atoms with van der Waals surface area (Å²) in [7, 11) is 0. The van der Waals surface area contributed by atoms with Crippen LogP contribution in [0.2, 0.25) is 0 Å². The molecule has 0 rings (SSSR count). The minimum atomic E-state index is -0.0128. The molecule has 0 bridgehead atoms. The van der Waals surface area contributed by atoms with Gasteiger partial charge in [-0.15, -0.1) is 0 Å². The third-order valence-electron chi connectivity index (χ3n) is 0.978. The van der Waals surface area contributed by atoms with Gasteiger partial charge < -0.3 is 16.0 Å². The van der Waals surface area contributed by atoms with Crippen molar-refractivity contribution in [3.63, 3.8) is 0 Å². The summed E-state index contributed by atoms with van der Waals surface area (Å²) >= 11 is 0. The van der Waals surface area contributed by atoms with Crippen LogP contribution in [0.1, 0.15) is 6.42 Å². The largest absolute Gasteiger partial charge is 0.395 e. The van der Waals surface area contributed by atoms with Crippen LogP contribution in [0.15, 0.2) is 0 Å². The van der Waals surface area contributed by atoms with Crippen LogP contribution in [0.5, 0.6) is 0 Å². The first kappa shape index (κ1) is 8.84. The van der Waals surface area contributed by atoms with Crippen molar-refractivity contribution >= 4 is 0 Å². The highest BCUT2D eigenvalue weighted by Crippen LogP contribution is 1.82. The lowest BCUT2D eigenvalue weighted by Gasteiger charge is -2.10. The van der Waals surface area contributed by atoms with E-state index in [2.05, 4.69) is 0 Å². The Labute approximate surface area is 54.8 Å². The van der Waals surface area contributed by atoms with Crippen LogP contribution >= 0.6 is 0 Å². The normalized spacial score (nSPS) is 10.7. The van der Waals surface area contributed by atoms with E-state index in [1.165, 1.54) is 0 Å². The van der Waals surface area contributed by atoms with E-state index in [0.29, 0.717) is 19.6 Å². The third kappa shape index (κ3) is 5.72. The quantitative estimate of drug-likeness (QED) is 0.423. The summed E-state index contributed by atoms with van der Waals surface area (Å²) < 4.78 is 0. The van der Waals surface area contributed by atoms with Gasteiger partial charge in [-0.3, -0.25) is 0 Å². The molecule has 4 N–H and O–H groups in total. The fourth-order valence-corrected chi connectivity index (χ4v) is 0.501. The lowest BCUT2D eigenvalue weighted by atomic mass is 10.4. The van der Waals surface area contributed by atoms with Crippen LogP contribution in [0.25, 0.3) is 0 Å². The molecule has 0 radical (unpaired) electrons. The molecule has 0 fully saturated rings. The van der Waals surface area contributed by atoms with Crippen LogP contribution in [-0.2, 0) is 0 Å². The highest BCUT2D eigenvalue weighted by molar-refractivity contribution is 4.44. The molecule has 0 aliphatic heterocycles. The summed E-state index contributed by atoms with van der Waals surface area (Å²) in [5, 5.41) is 18.2. The maximum atomic E-state index is 8.80. The van der Waals surface area contributed by atoms with Crippen molar-refractivity contribution in [2.75, 3.05) is 26.2 Å². The van der Waals surface area contributed by atoms with Crippen LogP contribution < -0.4 is 5.73 Å². The predicted octanol–water partition coefficient (Wildman–Crippen LogP) is -0.981. The number of nitrogens with zero attached hydrogens (tertiary/aromatic N) is 1. The molecule has 0 heterocycles. The summed E-state index contributed by atoms with van der Waals surface area (Å²) in [6, 6.07) is 0. The summed E-state index contributed by atoms with van der Waals surface area (Å²) in [6.45, 7) is 1.40. The molecule has 9 heavy (non-hydrogen) atoms. The first-order valence-electron chi connectivity index (χ1n) is 3.06.